The molecule has 2 N–H and O–H groups in total. The Labute approximate surface area is 257 Å². The molecule has 2 heterocycles. The van der Waals surface area contributed by atoms with Gasteiger partial charge in [-0.3, -0.25) is 14.4 Å². The number of nitrogens with one attached hydrogen (secondary N) is 2. The summed E-state index contributed by atoms with van der Waals surface area (Å²) in [6, 6.07) is 6.24. The summed E-state index contributed by atoms with van der Waals surface area (Å²) >= 11 is 0. The molecular formula is C32H43N3O9. The van der Waals surface area contributed by atoms with E-state index < -0.39 is 65.1 Å². The van der Waals surface area contributed by atoms with E-state index in [1.165, 1.54) is 4.90 Å². The summed E-state index contributed by atoms with van der Waals surface area (Å²) in [7, 11) is 0. The van der Waals surface area contributed by atoms with E-state index in [-0.39, 0.29) is 44.6 Å². The first-order chi connectivity index (χ1) is 20.8. The molecule has 3 fully saturated rings. The monoisotopic (exact) mass is 613 g/mol. The minimum atomic E-state index is -1.37. The first-order valence-electron chi connectivity index (χ1n) is 15.4. The lowest BCUT2D eigenvalue weighted by Gasteiger charge is -2.30. The molecule has 0 spiro atoms. The molecule has 1 aliphatic carbocycles. The van der Waals surface area contributed by atoms with Crippen LogP contribution in [-0.2, 0) is 33.4 Å². The van der Waals surface area contributed by atoms with Crippen molar-refractivity contribution in [3.63, 3.8) is 0 Å². The van der Waals surface area contributed by atoms with Gasteiger partial charge < -0.3 is 29.7 Å². The van der Waals surface area contributed by atoms with Crippen LogP contribution in [0.5, 0.6) is 0 Å². The van der Waals surface area contributed by atoms with Crippen molar-refractivity contribution in [3.8, 4) is 0 Å². The Morgan fingerprint density at radius 2 is 1.80 bits per heavy atom. The van der Waals surface area contributed by atoms with Crippen molar-refractivity contribution in [2.75, 3.05) is 13.2 Å². The molecule has 1 aromatic rings. The molecule has 3 amide bonds. The first kappa shape index (κ1) is 32.9. The van der Waals surface area contributed by atoms with Crippen LogP contribution >= 0.6 is 0 Å². The number of benzene rings is 1. The number of hydrogen-bond acceptors (Lipinski definition) is 9. The van der Waals surface area contributed by atoms with Gasteiger partial charge in [-0.2, -0.15) is 0 Å². The number of ketones is 1. The van der Waals surface area contributed by atoms with Gasteiger partial charge in [0.1, 0.15) is 35.1 Å². The minimum absolute atomic E-state index is 0.0137. The third kappa shape index (κ3) is 8.15. The smallest absolute Gasteiger partial charge is 0.408 e. The van der Waals surface area contributed by atoms with E-state index in [0.29, 0.717) is 31.2 Å². The van der Waals surface area contributed by atoms with Crippen molar-refractivity contribution in [3.05, 3.63) is 35.9 Å². The van der Waals surface area contributed by atoms with Crippen molar-refractivity contribution in [1.82, 2.24) is 15.5 Å². The number of amides is 3. The Bertz CT molecular complexity index is 1260. The van der Waals surface area contributed by atoms with Crippen molar-refractivity contribution in [1.29, 1.82) is 0 Å². The van der Waals surface area contributed by atoms with Gasteiger partial charge in [0.05, 0.1) is 18.7 Å². The highest BCUT2D eigenvalue weighted by atomic mass is 16.6. The van der Waals surface area contributed by atoms with E-state index in [2.05, 4.69) is 10.6 Å². The second-order valence-corrected chi connectivity index (χ2v) is 12.8. The zero-order valence-electron chi connectivity index (χ0n) is 25.9. The van der Waals surface area contributed by atoms with Crippen molar-refractivity contribution < 1.29 is 43.0 Å². The van der Waals surface area contributed by atoms with Crippen LogP contribution < -0.4 is 10.6 Å². The van der Waals surface area contributed by atoms with Gasteiger partial charge in [-0.1, -0.05) is 31.0 Å². The Balaban J connectivity index is 1.63. The number of esters is 2. The number of ether oxygens (including phenoxy) is 3. The van der Waals surface area contributed by atoms with E-state index in [1.807, 2.05) is 0 Å². The van der Waals surface area contributed by atoms with Crippen molar-refractivity contribution in [2.24, 2.45) is 5.92 Å². The molecule has 44 heavy (non-hydrogen) atoms. The fourth-order valence-corrected chi connectivity index (χ4v) is 5.89. The number of Topliss-reactive ketones (excluding diaryl/α,β-unsaturated/α-hetero) is 1. The molecule has 3 aliphatic rings. The first-order valence-corrected chi connectivity index (χ1v) is 15.4. The third-order valence-corrected chi connectivity index (χ3v) is 8.13. The zero-order chi connectivity index (χ0) is 32.1. The molecule has 12 heteroatoms. The number of carbonyl (C=O) groups is 6. The van der Waals surface area contributed by atoms with E-state index >= 15 is 0 Å². The molecule has 12 nitrogen and oxygen atoms in total. The summed E-state index contributed by atoms with van der Waals surface area (Å²) in [6.07, 6.45) is 1.08. The summed E-state index contributed by atoms with van der Waals surface area (Å²) in [6.45, 7) is 6.79. The lowest BCUT2D eigenvalue weighted by atomic mass is 10.0. The Kier molecular flexibility index (Phi) is 10.3. The van der Waals surface area contributed by atoms with Crippen LogP contribution in [0.3, 0.4) is 0 Å². The normalized spacial score (nSPS) is 27.9. The van der Waals surface area contributed by atoms with Crippen molar-refractivity contribution in [2.45, 2.75) is 108 Å². The minimum Gasteiger partial charge on any atom is -0.464 e. The molecule has 0 unspecified atom stereocenters. The van der Waals surface area contributed by atoms with Gasteiger partial charge in [-0.15, -0.1) is 0 Å². The van der Waals surface area contributed by atoms with Gasteiger partial charge >= 0.3 is 18.0 Å². The molecule has 0 bridgehead atoms. The lowest BCUT2D eigenvalue weighted by molar-refractivity contribution is -0.150. The van der Waals surface area contributed by atoms with Crippen LogP contribution in [0.4, 0.5) is 4.79 Å². The molecule has 5 atom stereocenters. The van der Waals surface area contributed by atoms with Crippen LogP contribution in [0.15, 0.2) is 30.3 Å². The van der Waals surface area contributed by atoms with Gasteiger partial charge in [0.15, 0.2) is 0 Å². The third-order valence-electron chi connectivity index (χ3n) is 8.13. The Morgan fingerprint density at radius 1 is 1.07 bits per heavy atom. The molecule has 2 saturated heterocycles. The van der Waals surface area contributed by atoms with Crippen LogP contribution in [-0.4, -0.2) is 83.0 Å². The molecule has 1 saturated carbocycles. The second-order valence-electron chi connectivity index (χ2n) is 12.8. The number of carbonyl (C=O) groups excluding carboxylic acids is 6. The zero-order valence-corrected chi connectivity index (χ0v) is 25.9. The summed E-state index contributed by atoms with van der Waals surface area (Å²) in [5.74, 6) is -2.80. The van der Waals surface area contributed by atoms with Crippen LogP contribution in [0, 0.1) is 5.92 Å². The van der Waals surface area contributed by atoms with E-state index in [0.717, 1.165) is 0 Å². The Morgan fingerprint density at radius 3 is 2.48 bits per heavy atom. The maximum absolute atomic E-state index is 14.1. The molecule has 1 aromatic carbocycles. The summed E-state index contributed by atoms with van der Waals surface area (Å²) in [4.78, 5) is 80.7. The molecular weight excluding hydrogens is 570 g/mol. The Hall–Kier alpha value is -3.96. The number of alkyl carbamates (subject to hydrolysis) is 1. The predicted molar refractivity (Wildman–Crippen MR) is 157 cm³/mol. The highest BCUT2D eigenvalue weighted by Gasteiger charge is 2.63. The van der Waals surface area contributed by atoms with Crippen molar-refractivity contribution >= 4 is 35.6 Å². The number of nitrogens with zero attached hydrogens (tertiary/aromatic N) is 1. The van der Waals surface area contributed by atoms with E-state index in [1.54, 1.807) is 58.0 Å². The molecule has 0 aromatic heterocycles. The fraction of sp³-hybridized carbons (Fsp3) is 0.625. The maximum atomic E-state index is 14.1. The molecule has 0 radical (unpaired) electrons. The van der Waals surface area contributed by atoms with Gasteiger partial charge in [0.25, 0.3) is 0 Å². The van der Waals surface area contributed by atoms with Gasteiger partial charge in [-0.25, -0.2) is 14.4 Å². The van der Waals surface area contributed by atoms with E-state index in [4.69, 9.17) is 14.2 Å². The lowest BCUT2D eigenvalue weighted by Crippen LogP contribution is -2.56. The van der Waals surface area contributed by atoms with Gasteiger partial charge in [-0.05, 0) is 59.1 Å². The number of hydrogen-bond donors (Lipinski definition) is 2. The highest BCUT2D eigenvalue weighted by Crippen LogP contribution is 2.47. The maximum Gasteiger partial charge on any atom is 0.408 e. The fourth-order valence-electron chi connectivity index (χ4n) is 5.89. The molecule has 2 aliphatic heterocycles. The predicted octanol–water partition coefficient (Wildman–Crippen LogP) is 3.07. The van der Waals surface area contributed by atoms with Crippen LogP contribution in [0.25, 0.3) is 0 Å². The topological polar surface area (TPSA) is 157 Å². The summed E-state index contributed by atoms with van der Waals surface area (Å²) < 4.78 is 16.4. The summed E-state index contributed by atoms with van der Waals surface area (Å²) in [5.41, 5.74) is -1.85. The highest BCUT2D eigenvalue weighted by molar-refractivity contribution is 5.97. The molecule has 240 valence electrons. The largest absolute Gasteiger partial charge is 0.464 e. The van der Waals surface area contributed by atoms with E-state index in [9.17, 15) is 28.8 Å². The van der Waals surface area contributed by atoms with Gasteiger partial charge in [0, 0.05) is 25.2 Å². The standard InChI is InChI=1S/C32H43N3O9/c1-5-42-29(40)32-18-21(32)16-22(36)14-10-7-11-15-24(33-30(41)44-31(2,3)4)27(38)35-19-23(17-25(35)26(37)34-32)43-28(39)20-12-8-6-9-13-20/h6,8-9,12-13,21,23-25H,5,7,10-11,14-19H2,1-4H3,(H,33,41)(H,34,37)/t21-,23+,24+,25+,32-/m1/s1. The average Bonchev–Trinajstić information content (AvgIpc) is 3.46. The average molecular weight is 614 g/mol. The van der Waals surface area contributed by atoms with Crippen LogP contribution in [0.2, 0.25) is 0 Å². The number of fused-ring (bicyclic) bond motifs is 2. The van der Waals surface area contributed by atoms with Crippen LogP contribution in [0.1, 0.15) is 89.4 Å². The molecule has 4 rings (SSSR count). The second kappa shape index (κ2) is 13.8. The van der Waals surface area contributed by atoms with Gasteiger partial charge in [0.2, 0.25) is 11.8 Å². The summed E-state index contributed by atoms with van der Waals surface area (Å²) in [5, 5.41) is 5.48. The number of rotatable bonds is 5. The quantitative estimate of drug-likeness (QED) is 0.376. The SMILES string of the molecule is CCOC(=O)[C@@]12C[C@H]1CC(=O)CCCCC[C@H](NC(=O)OC(C)(C)C)C(=O)N1C[C@@H](OC(=O)c3ccccc3)C[C@H]1C(=O)N2.